The van der Waals surface area contributed by atoms with Crippen LogP contribution in [0.4, 0.5) is 15.3 Å². The van der Waals surface area contributed by atoms with Gasteiger partial charge in [-0.2, -0.15) is 0 Å². The van der Waals surface area contributed by atoms with Gasteiger partial charge >= 0.3 is 12.1 Å². The van der Waals surface area contributed by atoms with Crippen LogP contribution in [0.1, 0.15) is 12.8 Å². The quantitative estimate of drug-likeness (QED) is 0.887. The Morgan fingerprint density at radius 3 is 2.67 bits per heavy atom. The Labute approximate surface area is 145 Å². The highest BCUT2D eigenvalue weighted by Crippen LogP contribution is 2.33. The molecule has 7 nitrogen and oxygen atoms in total. The van der Waals surface area contributed by atoms with Gasteiger partial charge in [-0.25, -0.2) is 9.59 Å². The summed E-state index contributed by atoms with van der Waals surface area (Å²) in [6, 6.07) is 4.84. The van der Waals surface area contributed by atoms with E-state index in [4.69, 9.17) is 21.1 Å². The molecule has 0 bridgehead atoms. The number of carbonyl (C=O) groups is 2. The van der Waals surface area contributed by atoms with Crippen molar-refractivity contribution < 1.29 is 19.1 Å². The van der Waals surface area contributed by atoms with Gasteiger partial charge in [-0.05, 0) is 18.2 Å². The number of hydrogen-bond acceptors (Lipinski definition) is 4. The zero-order valence-corrected chi connectivity index (χ0v) is 14.4. The van der Waals surface area contributed by atoms with Crippen molar-refractivity contribution in [3.8, 4) is 5.75 Å². The molecule has 1 aromatic rings. The topological polar surface area (TPSA) is 71.1 Å². The molecule has 2 aliphatic rings. The molecular weight excluding hydrogens is 334 g/mol. The highest BCUT2D eigenvalue weighted by Gasteiger charge is 2.46. The predicted octanol–water partition coefficient (Wildman–Crippen LogP) is 2.80. The smallest absolute Gasteiger partial charge is 0.410 e. The van der Waals surface area contributed by atoms with Crippen molar-refractivity contribution in [1.82, 2.24) is 9.80 Å². The number of rotatable bonds is 2. The first-order valence-electron chi connectivity index (χ1n) is 7.76. The molecule has 2 fully saturated rings. The van der Waals surface area contributed by atoms with Crippen LogP contribution in [0.2, 0.25) is 5.02 Å². The summed E-state index contributed by atoms with van der Waals surface area (Å²) in [7, 11) is 3.26. The van der Waals surface area contributed by atoms with Gasteiger partial charge in [0, 0.05) is 38.0 Å². The number of carbonyl (C=O) groups excluding carboxylic acids is 2. The third kappa shape index (κ3) is 3.21. The van der Waals surface area contributed by atoms with E-state index in [2.05, 4.69) is 5.32 Å². The lowest BCUT2D eigenvalue weighted by atomic mass is 9.91. The Balaban J connectivity index is 1.62. The minimum Gasteiger partial charge on any atom is -0.495 e. The van der Waals surface area contributed by atoms with Crippen LogP contribution in [0.25, 0.3) is 0 Å². The van der Waals surface area contributed by atoms with Crippen molar-refractivity contribution in [3.63, 3.8) is 0 Å². The summed E-state index contributed by atoms with van der Waals surface area (Å²) in [5.74, 6) is 0.549. The second kappa shape index (κ2) is 6.39. The lowest BCUT2D eigenvalue weighted by Gasteiger charge is -2.37. The van der Waals surface area contributed by atoms with Gasteiger partial charge in [0.25, 0.3) is 0 Å². The predicted molar refractivity (Wildman–Crippen MR) is 89.7 cm³/mol. The first-order valence-corrected chi connectivity index (χ1v) is 8.14. The molecule has 3 rings (SSSR count). The molecule has 1 spiro atoms. The van der Waals surface area contributed by atoms with E-state index < -0.39 is 5.60 Å². The lowest BCUT2D eigenvalue weighted by molar-refractivity contribution is 0.0109. The molecule has 0 atom stereocenters. The van der Waals surface area contributed by atoms with Crippen molar-refractivity contribution in [3.05, 3.63) is 23.2 Å². The first kappa shape index (κ1) is 16.7. The maximum absolute atomic E-state index is 12.5. The van der Waals surface area contributed by atoms with Crippen molar-refractivity contribution in [2.75, 3.05) is 39.1 Å². The van der Waals surface area contributed by atoms with E-state index >= 15 is 0 Å². The second-order valence-corrected chi connectivity index (χ2v) is 6.61. The second-order valence-electron chi connectivity index (χ2n) is 6.17. The number of amides is 3. The van der Waals surface area contributed by atoms with Crippen LogP contribution in [0, 0.1) is 0 Å². The monoisotopic (exact) mass is 353 g/mol. The molecule has 1 N–H and O–H groups in total. The fourth-order valence-electron chi connectivity index (χ4n) is 3.14. The zero-order valence-electron chi connectivity index (χ0n) is 13.7. The van der Waals surface area contributed by atoms with E-state index in [1.807, 2.05) is 0 Å². The largest absolute Gasteiger partial charge is 0.495 e. The molecule has 0 unspecified atom stereocenters. The molecule has 2 aliphatic heterocycles. The van der Waals surface area contributed by atoms with Gasteiger partial charge < -0.3 is 24.6 Å². The Morgan fingerprint density at radius 1 is 1.38 bits per heavy atom. The summed E-state index contributed by atoms with van der Waals surface area (Å²) in [6.07, 6.45) is 0.961. The molecule has 0 aromatic heterocycles. The van der Waals surface area contributed by atoms with Crippen LogP contribution in [-0.2, 0) is 4.74 Å². The average molecular weight is 354 g/mol. The van der Waals surface area contributed by atoms with E-state index in [0.717, 1.165) is 0 Å². The number of nitrogens with zero attached hydrogens (tertiary/aromatic N) is 2. The van der Waals surface area contributed by atoms with Crippen molar-refractivity contribution in [2.24, 2.45) is 0 Å². The third-order valence-corrected chi connectivity index (χ3v) is 4.74. The molecule has 8 heteroatoms. The lowest BCUT2D eigenvalue weighted by Crippen LogP contribution is -2.49. The number of hydrogen-bond donors (Lipinski definition) is 1. The summed E-state index contributed by atoms with van der Waals surface area (Å²) in [4.78, 5) is 27.3. The van der Waals surface area contributed by atoms with E-state index in [1.165, 1.54) is 7.11 Å². The average Bonchev–Trinajstić information content (AvgIpc) is 2.82. The van der Waals surface area contributed by atoms with Crippen molar-refractivity contribution in [1.29, 1.82) is 0 Å². The van der Waals surface area contributed by atoms with Crippen LogP contribution >= 0.6 is 11.6 Å². The Morgan fingerprint density at radius 2 is 2.08 bits per heavy atom. The number of piperidine rings is 1. The summed E-state index contributed by atoms with van der Waals surface area (Å²) in [5, 5.41) is 3.35. The fourth-order valence-corrected chi connectivity index (χ4v) is 3.31. The number of likely N-dealkylation sites (N-methyl/N-ethyl adjacent to an activating group) is 1. The van der Waals surface area contributed by atoms with Crippen LogP contribution < -0.4 is 10.1 Å². The van der Waals surface area contributed by atoms with E-state index in [9.17, 15) is 9.59 Å². The molecule has 0 saturated carbocycles. The van der Waals surface area contributed by atoms with Crippen LogP contribution in [0.15, 0.2) is 18.2 Å². The zero-order chi connectivity index (χ0) is 17.3. The van der Waals surface area contributed by atoms with Gasteiger partial charge in [-0.15, -0.1) is 0 Å². The van der Waals surface area contributed by atoms with Crippen LogP contribution in [0.3, 0.4) is 0 Å². The molecule has 3 amide bonds. The Kier molecular flexibility index (Phi) is 4.45. The van der Waals surface area contributed by atoms with E-state index in [1.54, 1.807) is 35.0 Å². The standard InChI is InChI=1S/C16H20ClN3O4/c1-19-10-16(24-15(19)22)5-7-20(8-6-16)14(21)18-12-9-11(17)3-4-13(12)23-2/h3-4,9H,5-8,10H2,1-2H3,(H,18,21). The number of urea groups is 1. The number of anilines is 1. The molecule has 130 valence electrons. The molecular formula is C16H20ClN3O4. The number of benzene rings is 1. The van der Waals surface area contributed by atoms with Gasteiger partial charge in [-0.3, -0.25) is 0 Å². The van der Waals surface area contributed by atoms with Gasteiger partial charge in [-0.1, -0.05) is 11.6 Å². The van der Waals surface area contributed by atoms with Gasteiger partial charge in [0.1, 0.15) is 11.4 Å². The molecule has 2 heterocycles. The van der Waals surface area contributed by atoms with Gasteiger partial charge in [0.05, 0.1) is 19.3 Å². The molecule has 0 radical (unpaired) electrons. The summed E-state index contributed by atoms with van der Waals surface area (Å²) in [6.45, 7) is 1.62. The fraction of sp³-hybridized carbons (Fsp3) is 0.500. The molecule has 24 heavy (non-hydrogen) atoms. The Bertz CT molecular complexity index is 659. The normalized spacial score (nSPS) is 19.4. The highest BCUT2D eigenvalue weighted by molar-refractivity contribution is 6.31. The highest BCUT2D eigenvalue weighted by atomic mass is 35.5. The summed E-state index contributed by atoms with van der Waals surface area (Å²) < 4.78 is 10.7. The first-order chi connectivity index (χ1) is 11.4. The summed E-state index contributed by atoms with van der Waals surface area (Å²) in [5.41, 5.74) is 0.0680. The van der Waals surface area contributed by atoms with Gasteiger partial charge in [0.15, 0.2) is 0 Å². The molecule has 1 aromatic carbocycles. The Hall–Kier alpha value is -2.15. The van der Waals surface area contributed by atoms with E-state index in [-0.39, 0.29) is 12.1 Å². The number of ether oxygens (including phenoxy) is 2. The summed E-state index contributed by atoms with van der Waals surface area (Å²) >= 11 is 5.98. The minimum absolute atomic E-state index is 0.219. The van der Waals surface area contributed by atoms with Crippen LogP contribution in [-0.4, -0.2) is 61.3 Å². The number of halogens is 1. The maximum Gasteiger partial charge on any atom is 0.410 e. The number of methoxy groups -OCH3 is 1. The minimum atomic E-state index is -0.462. The molecule has 2 saturated heterocycles. The third-order valence-electron chi connectivity index (χ3n) is 4.51. The maximum atomic E-state index is 12.5. The number of likely N-dealkylation sites (tertiary alicyclic amines) is 1. The SMILES string of the molecule is COc1ccc(Cl)cc1NC(=O)N1CCC2(CC1)CN(C)C(=O)O2. The molecule has 0 aliphatic carbocycles. The number of nitrogens with one attached hydrogen (secondary N) is 1. The van der Waals surface area contributed by atoms with E-state index in [0.29, 0.717) is 48.9 Å². The van der Waals surface area contributed by atoms with Crippen LogP contribution in [0.5, 0.6) is 5.75 Å². The van der Waals surface area contributed by atoms with Crippen molar-refractivity contribution >= 4 is 29.4 Å². The van der Waals surface area contributed by atoms with Crippen molar-refractivity contribution in [2.45, 2.75) is 18.4 Å². The van der Waals surface area contributed by atoms with Gasteiger partial charge in [0.2, 0.25) is 0 Å².